The molecule has 0 aliphatic heterocycles. The lowest BCUT2D eigenvalue weighted by atomic mass is 10.0. The van der Waals surface area contributed by atoms with Crippen molar-refractivity contribution in [2.24, 2.45) is 0 Å². The van der Waals surface area contributed by atoms with Gasteiger partial charge < -0.3 is 0 Å². The molecule has 2 rings (SSSR count). The zero-order valence-electron chi connectivity index (χ0n) is 12.8. The molecule has 0 saturated carbocycles. The number of amides is 1. The van der Waals surface area contributed by atoms with Gasteiger partial charge in [-0.3, -0.25) is 15.0 Å². The third kappa shape index (κ3) is 4.02. The quantitative estimate of drug-likeness (QED) is 0.635. The summed E-state index contributed by atoms with van der Waals surface area (Å²) in [5.74, 6) is -0.121. The zero-order chi connectivity index (χ0) is 15.9. The molecule has 0 fully saturated rings. The maximum atomic E-state index is 12.0. The molecule has 2 aromatic rings. The van der Waals surface area contributed by atoms with Gasteiger partial charge in [0.15, 0.2) is 5.78 Å². The number of benzene rings is 2. The van der Waals surface area contributed by atoms with Crippen LogP contribution in [0.2, 0.25) is 0 Å². The molecule has 4 heteroatoms. The lowest BCUT2D eigenvalue weighted by molar-refractivity contribution is 0.0924. The first-order valence-corrected chi connectivity index (χ1v) is 7.33. The molecular weight excluding hydrogens is 276 g/mol. The first-order valence-electron chi connectivity index (χ1n) is 7.33. The van der Waals surface area contributed by atoms with Gasteiger partial charge in [-0.15, -0.1) is 0 Å². The maximum Gasteiger partial charge on any atom is 0.265 e. The number of hydrazine groups is 1. The van der Waals surface area contributed by atoms with Crippen molar-refractivity contribution in [1.82, 2.24) is 10.9 Å². The molecule has 1 amide bonds. The lowest BCUT2D eigenvalue weighted by Gasteiger charge is -2.18. The highest BCUT2D eigenvalue weighted by atomic mass is 16.2. The van der Waals surface area contributed by atoms with Crippen LogP contribution in [-0.2, 0) is 0 Å². The van der Waals surface area contributed by atoms with Crippen molar-refractivity contribution in [2.45, 2.75) is 26.3 Å². The molecule has 0 bridgehead atoms. The van der Waals surface area contributed by atoms with Crippen molar-refractivity contribution in [1.29, 1.82) is 0 Å². The molecule has 4 nitrogen and oxygen atoms in total. The normalized spacial score (nSPS) is 11.7. The predicted molar refractivity (Wildman–Crippen MR) is 86.5 cm³/mol. The number of Topliss-reactive ketones (excluding diaryl/α,β-unsaturated/α-hetero) is 1. The zero-order valence-corrected chi connectivity index (χ0v) is 12.8. The van der Waals surface area contributed by atoms with Crippen molar-refractivity contribution >= 4 is 11.7 Å². The molecule has 1 atom stereocenters. The molecule has 2 aromatic carbocycles. The van der Waals surface area contributed by atoms with Crippen LogP contribution >= 0.6 is 0 Å². The van der Waals surface area contributed by atoms with Crippen molar-refractivity contribution in [3.63, 3.8) is 0 Å². The Hall–Kier alpha value is -2.46. The Kier molecular flexibility index (Phi) is 5.44. The predicted octanol–water partition coefficient (Wildman–Crippen LogP) is 3.27. The van der Waals surface area contributed by atoms with Gasteiger partial charge in [0.2, 0.25) is 0 Å². The molecule has 0 aliphatic rings. The molecular formula is C18H20N2O2. The Morgan fingerprint density at radius 2 is 1.59 bits per heavy atom. The van der Waals surface area contributed by atoms with Crippen LogP contribution in [0.15, 0.2) is 54.6 Å². The highest BCUT2D eigenvalue weighted by molar-refractivity contribution is 5.94. The number of hydrogen-bond donors (Lipinski definition) is 2. The number of rotatable bonds is 6. The van der Waals surface area contributed by atoms with Crippen molar-refractivity contribution < 1.29 is 9.59 Å². The topological polar surface area (TPSA) is 58.2 Å². The van der Waals surface area contributed by atoms with Crippen LogP contribution in [0, 0.1) is 0 Å². The summed E-state index contributed by atoms with van der Waals surface area (Å²) in [5, 5.41) is 0. The van der Waals surface area contributed by atoms with Gasteiger partial charge in [0.25, 0.3) is 5.91 Å². The van der Waals surface area contributed by atoms with Gasteiger partial charge >= 0.3 is 0 Å². The minimum atomic E-state index is -0.167. The Bertz CT molecular complexity index is 636. The molecule has 0 spiro atoms. The van der Waals surface area contributed by atoms with E-state index >= 15 is 0 Å². The second kappa shape index (κ2) is 7.52. The van der Waals surface area contributed by atoms with E-state index < -0.39 is 0 Å². The summed E-state index contributed by atoms with van der Waals surface area (Å²) in [4.78, 5) is 23.3. The molecule has 2 N–H and O–H groups in total. The Morgan fingerprint density at radius 1 is 0.955 bits per heavy atom. The molecule has 0 heterocycles. The highest BCUT2D eigenvalue weighted by Crippen LogP contribution is 2.16. The van der Waals surface area contributed by atoms with E-state index in [1.54, 1.807) is 31.2 Å². The Labute approximate surface area is 130 Å². The molecule has 0 radical (unpaired) electrons. The number of carbonyl (C=O) groups excluding carboxylic acids is 2. The third-order valence-electron chi connectivity index (χ3n) is 3.52. The summed E-state index contributed by atoms with van der Waals surface area (Å²) >= 11 is 0. The van der Waals surface area contributed by atoms with Gasteiger partial charge in [0.1, 0.15) is 0 Å². The monoisotopic (exact) mass is 296 g/mol. The minimum absolute atomic E-state index is 0.00586. The van der Waals surface area contributed by atoms with E-state index in [1.165, 1.54) is 0 Å². The first kappa shape index (κ1) is 15.9. The number of carbonyl (C=O) groups is 2. The largest absolute Gasteiger partial charge is 0.295 e. The minimum Gasteiger partial charge on any atom is -0.295 e. The standard InChI is InChI=1S/C18H20N2O2/c1-3-17(15-11-9-14(10-12-15)13(2)21)19-20-18(22)16-7-5-4-6-8-16/h4-12,17,19H,3H2,1-2H3,(H,20,22)/t17-/m0/s1. The fourth-order valence-corrected chi connectivity index (χ4v) is 2.19. The summed E-state index contributed by atoms with van der Waals surface area (Å²) < 4.78 is 0. The summed E-state index contributed by atoms with van der Waals surface area (Å²) in [6.45, 7) is 3.58. The molecule has 0 unspecified atom stereocenters. The van der Waals surface area contributed by atoms with Crippen molar-refractivity contribution in [3.8, 4) is 0 Å². The van der Waals surface area contributed by atoms with E-state index in [1.807, 2.05) is 37.3 Å². The van der Waals surface area contributed by atoms with Gasteiger partial charge in [0.05, 0.1) is 6.04 Å². The van der Waals surface area contributed by atoms with Crippen LogP contribution < -0.4 is 10.9 Å². The number of hydrogen-bond acceptors (Lipinski definition) is 3. The third-order valence-corrected chi connectivity index (χ3v) is 3.52. The van der Waals surface area contributed by atoms with E-state index in [-0.39, 0.29) is 17.7 Å². The number of ketones is 1. The molecule has 0 aliphatic carbocycles. The van der Waals surface area contributed by atoms with Crippen LogP contribution in [0.1, 0.15) is 52.6 Å². The van der Waals surface area contributed by atoms with Crippen LogP contribution in [0.4, 0.5) is 0 Å². The maximum absolute atomic E-state index is 12.0. The first-order chi connectivity index (χ1) is 10.6. The Morgan fingerprint density at radius 3 is 2.14 bits per heavy atom. The second-order valence-corrected chi connectivity index (χ2v) is 5.10. The highest BCUT2D eigenvalue weighted by Gasteiger charge is 2.11. The molecule has 114 valence electrons. The number of nitrogens with one attached hydrogen (secondary N) is 2. The van der Waals surface area contributed by atoms with E-state index in [0.717, 1.165) is 12.0 Å². The SMILES string of the molecule is CC[C@H](NNC(=O)c1ccccc1)c1ccc(C(C)=O)cc1. The summed E-state index contributed by atoms with van der Waals surface area (Å²) in [6, 6.07) is 16.5. The second-order valence-electron chi connectivity index (χ2n) is 5.10. The Balaban J connectivity index is 2.00. The summed E-state index contributed by atoms with van der Waals surface area (Å²) in [5.41, 5.74) is 8.10. The van der Waals surface area contributed by atoms with E-state index in [2.05, 4.69) is 10.9 Å². The van der Waals surface area contributed by atoms with Gasteiger partial charge in [-0.1, -0.05) is 49.4 Å². The lowest BCUT2D eigenvalue weighted by Crippen LogP contribution is -2.39. The summed E-state index contributed by atoms with van der Waals surface area (Å²) in [6.07, 6.45) is 0.814. The fourth-order valence-electron chi connectivity index (χ4n) is 2.19. The molecule has 0 aromatic heterocycles. The van der Waals surface area contributed by atoms with Gasteiger partial charge in [0, 0.05) is 11.1 Å². The van der Waals surface area contributed by atoms with Gasteiger partial charge in [-0.25, -0.2) is 5.43 Å². The molecule has 22 heavy (non-hydrogen) atoms. The van der Waals surface area contributed by atoms with Crippen molar-refractivity contribution in [3.05, 3.63) is 71.3 Å². The smallest absolute Gasteiger partial charge is 0.265 e. The van der Waals surface area contributed by atoms with Gasteiger partial charge in [-0.05, 0) is 31.0 Å². The average Bonchev–Trinajstić information content (AvgIpc) is 2.56. The van der Waals surface area contributed by atoms with Crippen LogP contribution in [0.25, 0.3) is 0 Å². The van der Waals surface area contributed by atoms with Gasteiger partial charge in [-0.2, -0.15) is 0 Å². The van der Waals surface area contributed by atoms with E-state index in [0.29, 0.717) is 11.1 Å². The molecule has 0 saturated heterocycles. The van der Waals surface area contributed by atoms with E-state index in [9.17, 15) is 9.59 Å². The van der Waals surface area contributed by atoms with E-state index in [4.69, 9.17) is 0 Å². The average molecular weight is 296 g/mol. The van der Waals surface area contributed by atoms with Crippen LogP contribution in [-0.4, -0.2) is 11.7 Å². The fraction of sp³-hybridized carbons (Fsp3) is 0.222. The van der Waals surface area contributed by atoms with Crippen LogP contribution in [0.3, 0.4) is 0 Å². The van der Waals surface area contributed by atoms with Crippen LogP contribution in [0.5, 0.6) is 0 Å². The summed E-state index contributed by atoms with van der Waals surface area (Å²) in [7, 11) is 0. The van der Waals surface area contributed by atoms with Crippen molar-refractivity contribution in [2.75, 3.05) is 0 Å².